The summed E-state index contributed by atoms with van der Waals surface area (Å²) in [5, 5.41) is 12.9. The van der Waals surface area contributed by atoms with Crippen molar-refractivity contribution < 1.29 is 5.11 Å². The summed E-state index contributed by atoms with van der Waals surface area (Å²) in [6, 6.07) is 1.95. The summed E-state index contributed by atoms with van der Waals surface area (Å²) in [5.74, 6) is 1.74. The summed E-state index contributed by atoms with van der Waals surface area (Å²) in [6.07, 6.45) is 0. The standard InChI is InChI=1S/C15H27N5O/c1-12-9-13(16-4)18-14(17-12)10-19-5-7-20(8-6-19)11-15(2,3)21/h9,21H,5-8,10-11H2,1-4H3,(H,16,17,18). The number of aromatic nitrogens is 2. The zero-order valence-corrected chi connectivity index (χ0v) is 13.6. The van der Waals surface area contributed by atoms with Crippen LogP contribution in [0.2, 0.25) is 0 Å². The molecule has 0 atom stereocenters. The molecular formula is C15H27N5O. The lowest BCUT2D eigenvalue weighted by Crippen LogP contribution is -2.50. The fraction of sp³-hybridized carbons (Fsp3) is 0.733. The van der Waals surface area contributed by atoms with E-state index in [1.165, 1.54) is 0 Å². The summed E-state index contributed by atoms with van der Waals surface area (Å²) in [5.41, 5.74) is 0.369. The first-order chi connectivity index (χ1) is 9.85. The molecule has 6 nitrogen and oxygen atoms in total. The van der Waals surface area contributed by atoms with Gasteiger partial charge in [-0.2, -0.15) is 0 Å². The Labute approximate surface area is 127 Å². The average Bonchev–Trinajstić information content (AvgIpc) is 2.38. The number of hydrogen-bond donors (Lipinski definition) is 2. The topological polar surface area (TPSA) is 64.5 Å². The van der Waals surface area contributed by atoms with Gasteiger partial charge in [0.05, 0.1) is 12.1 Å². The Kier molecular flexibility index (Phi) is 5.13. The third-order valence-corrected chi connectivity index (χ3v) is 3.60. The lowest BCUT2D eigenvalue weighted by atomic mass is 10.1. The highest BCUT2D eigenvalue weighted by Gasteiger charge is 2.23. The highest BCUT2D eigenvalue weighted by Crippen LogP contribution is 2.12. The van der Waals surface area contributed by atoms with Crippen molar-refractivity contribution in [2.45, 2.75) is 32.9 Å². The van der Waals surface area contributed by atoms with Gasteiger partial charge in [0.2, 0.25) is 0 Å². The number of nitrogens with zero attached hydrogens (tertiary/aromatic N) is 4. The molecule has 1 aromatic heterocycles. The summed E-state index contributed by atoms with van der Waals surface area (Å²) in [6.45, 7) is 11.2. The number of β-amino-alcohol motifs (C(OH)–C–C–N with tert-alkyl or cyclic N) is 1. The van der Waals surface area contributed by atoms with Gasteiger partial charge in [0, 0.05) is 51.5 Å². The molecule has 6 heteroatoms. The van der Waals surface area contributed by atoms with Crippen molar-refractivity contribution in [2.75, 3.05) is 45.1 Å². The van der Waals surface area contributed by atoms with Crippen molar-refractivity contribution in [3.8, 4) is 0 Å². The number of aryl methyl sites for hydroxylation is 1. The number of anilines is 1. The van der Waals surface area contributed by atoms with Gasteiger partial charge in [0.1, 0.15) is 11.6 Å². The van der Waals surface area contributed by atoms with Crippen molar-refractivity contribution >= 4 is 5.82 Å². The Morgan fingerprint density at radius 3 is 2.38 bits per heavy atom. The fourth-order valence-corrected chi connectivity index (χ4v) is 2.68. The van der Waals surface area contributed by atoms with Crippen LogP contribution < -0.4 is 5.32 Å². The van der Waals surface area contributed by atoms with Crippen LogP contribution in [0.25, 0.3) is 0 Å². The highest BCUT2D eigenvalue weighted by molar-refractivity contribution is 5.34. The van der Waals surface area contributed by atoms with Crippen molar-refractivity contribution in [3.05, 3.63) is 17.6 Å². The van der Waals surface area contributed by atoms with Gasteiger partial charge in [-0.1, -0.05) is 0 Å². The van der Waals surface area contributed by atoms with E-state index in [9.17, 15) is 5.11 Å². The van der Waals surface area contributed by atoms with Gasteiger partial charge in [-0.3, -0.25) is 9.80 Å². The molecule has 1 fully saturated rings. The lowest BCUT2D eigenvalue weighted by molar-refractivity contribution is 0.0163. The molecule has 0 aromatic carbocycles. The minimum atomic E-state index is -0.622. The first-order valence-electron chi connectivity index (χ1n) is 7.55. The third kappa shape index (κ3) is 5.22. The highest BCUT2D eigenvalue weighted by atomic mass is 16.3. The van der Waals surface area contributed by atoms with Gasteiger partial charge in [-0.25, -0.2) is 9.97 Å². The minimum Gasteiger partial charge on any atom is -0.389 e. The van der Waals surface area contributed by atoms with E-state index in [0.717, 1.165) is 56.6 Å². The van der Waals surface area contributed by atoms with Crippen molar-refractivity contribution in [3.63, 3.8) is 0 Å². The van der Waals surface area contributed by atoms with E-state index in [4.69, 9.17) is 0 Å². The van der Waals surface area contributed by atoms with Gasteiger partial charge >= 0.3 is 0 Å². The lowest BCUT2D eigenvalue weighted by Gasteiger charge is -2.37. The quantitative estimate of drug-likeness (QED) is 0.834. The van der Waals surface area contributed by atoms with Crippen molar-refractivity contribution in [2.24, 2.45) is 0 Å². The number of aliphatic hydroxyl groups is 1. The van der Waals surface area contributed by atoms with Gasteiger partial charge in [-0.15, -0.1) is 0 Å². The normalized spacial score (nSPS) is 18.0. The van der Waals surface area contributed by atoms with Gasteiger partial charge in [0.25, 0.3) is 0 Å². The Hall–Kier alpha value is -1.24. The van der Waals surface area contributed by atoms with Gasteiger partial charge in [-0.05, 0) is 20.8 Å². The first-order valence-corrected chi connectivity index (χ1v) is 7.55. The van der Waals surface area contributed by atoms with Crippen LogP contribution in [0.1, 0.15) is 25.4 Å². The average molecular weight is 293 g/mol. The van der Waals surface area contributed by atoms with E-state index < -0.39 is 5.60 Å². The van der Waals surface area contributed by atoms with Crippen molar-refractivity contribution in [1.82, 2.24) is 19.8 Å². The van der Waals surface area contributed by atoms with Crippen LogP contribution in [-0.2, 0) is 6.54 Å². The second kappa shape index (κ2) is 6.68. The van der Waals surface area contributed by atoms with Crippen LogP contribution in [0.4, 0.5) is 5.82 Å². The summed E-state index contributed by atoms with van der Waals surface area (Å²) < 4.78 is 0. The second-order valence-corrected chi connectivity index (χ2v) is 6.43. The molecule has 1 aliphatic rings. The molecule has 1 aromatic rings. The molecule has 118 valence electrons. The van der Waals surface area contributed by atoms with E-state index in [1.54, 1.807) is 0 Å². The van der Waals surface area contributed by atoms with E-state index in [0.29, 0.717) is 0 Å². The molecular weight excluding hydrogens is 266 g/mol. The Morgan fingerprint density at radius 1 is 1.19 bits per heavy atom. The molecule has 0 bridgehead atoms. The molecule has 0 spiro atoms. The maximum Gasteiger partial charge on any atom is 0.144 e. The van der Waals surface area contributed by atoms with Gasteiger partial charge < -0.3 is 10.4 Å². The minimum absolute atomic E-state index is 0.622. The molecule has 2 N–H and O–H groups in total. The van der Waals surface area contributed by atoms with Crippen LogP contribution in [0.5, 0.6) is 0 Å². The van der Waals surface area contributed by atoms with Crippen LogP contribution in [0.3, 0.4) is 0 Å². The van der Waals surface area contributed by atoms with E-state index in [1.807, 2.05) is 33.9 Å². The maximum atomic E-state index is 9.88. The molecule has 0 radical (unpaired) electrons. The van der Waals surface area contributed by atoms with Crippen LogP contribution >= 0.6 is 0 Å². The number of nitrogens with one attached hydrogen (secondary N) is 1. The molecule has 1 saturated heterocycles. The molecule has 1 aliphatic heterocycles. The molecule has 0 amide bonds. The molecule has 0 unspecified atom stereocenters. The van der Waals surface area contributed by atoms with Crippen molar-refractivity contribution in [1.29, 1.82) is 0 Å². The molecule has 0 aliphatic carbocycles. The van der Waals surface area contributed by atoms with Gasteiger partial charge in [0.15, 0.2) is 0 Å². The smallest absolute Gasteiger partial charge is 0.144 e. The van der Waals surface area contributed by atoms with E-state index >= 15 is 0 Å². The first kappa shape index (κ1) is 16.1. The molecule has 2 heterocycles. The number of piperazine rings is 1. The Morgan fingerprint density at radius 2 is 1.81 bits per heavy atom. The predicted molar refractivity (Wildman–Crippen MR) is 84.3 cm³/mol. The Bertz CT molecular complexity index is 464. The SMILES string of the molecule is CNc1cc(C)nc(CN2CCN(CC(C)(C)O)CC2)n1. The zero-order chi connectivity index (χ0) is 15.5. The maximum absolute atomic E-state index is 9.88. The van der Waals surface area contributed by atoms with E-state index in [-0.39, 0.29) is 0 Å². The molecule has 2 rings (SSSR count). The molecule has 0 saturated carbocycles. The Balaban J connectivity index is 1.87. The second-order valence-electron chi connectivity index (χ2n) is 6.43. The summed E-state index contributed by atoms with van der Waals surface area (Å²) >= 11 is 0. The zero-order valence-electron chi connectivity index (χ0n) is 13.6. The fourth-order valence-electron chi connectivity index (χ4n) is 2.68. The predicted octanol–water partition coefficient (Wildman–Crippen LogP) is 0.715. The third-order valence-electron chi connectivity index (χ3n) is 3.60. The number of hydrogen-bond acceptors (Lipinski definition) is 6. The monoisotopic (exact) mass is 293 g/mol. The number of rotatable bonds is 5. The van der Waals surface area contributed by atoms with Crippen LogP contribution in [0, 0.1) is 6.92 Å². The van der Waals surface area contributed by atoms with Crippen LogP contribution in [0.15, 0.2) is 6.07 Å². The summed E-state index contributed by atoms with van der Waals surface area (Å²) in [4.78, 5) is 13.7. The largest absolute Gasteiger partial charge is 0.389 e. The van der Waals surface area contributed by atoms with E-state index in [2.05, 4.69) is 25.1 Å². The molecule has 21 heavy (non-hydrogen) atoms. The van der Waals surface area contributed by atoms with Crippen LogP contribution in [-0.4, -0.2) is 70.2 Å². The summed E-state index contributed by atoms with van der Waals surface area (Å²) in [7, 11) is 1.88.